The molecule has 1 amide bonds. The van der Waals surface area contributed by atoms with Crippen molar-refractivity contribution in [1.82, 2.24) is 20.7 Å². The van der Waals surface area contributed by atoms with Crippen molar-refractivity contribution in [3.63, 3.8) is 0 Å². The molecule has 7 nitrogen and oxygen atoms in total. The SMILES string of the molecule is C=CC(=O)N1CCC(C#CC2CN3NCNC(N)C3C2C2CCC(OC3CCCCC3)CC2)CC1. The van der Waals surface area contributed by atoms with E-state index in [9.17, 15) is 4.79 Å². The number of carbonyl (C=O) groups excluding carboxylic acids is 1. The highest BCUT2D eigenvalue weighted by Gasteiger charge is 2.49. The van der Waals surface area contributed by atoms with Gasteiger partial charge in [-0.2, -0.15) is 0 Å². The molecule has 4 atom stereocenters. The van der Waals surface area contributed by atoms with Crippen molar-refractivity contribution in [1.29, 1.82) is 0 Å². The van der Waals surface area contributed by atoms with Crippen LogP contribution in [0.25, 0.3) is 0 Å². The summed E-state index contributed by atoms with van der Waals surface area (Å²) in [6.45, 7) is 6.86. The van der Waals surface area contributed by atoms with Crippen LogP contribution in [0.4, 0.5) is 0 Å². The van der Waals surface area contributed by atoms with Crippen molar-refractivity contribution >= 4 is 5.91 Å². The van der Waals surface area contributed by atoms with E-state index in [0.717, 1.165) is 39.1 Å². The first kappa shape index (κ1) is 25.2. The fourth-order valence-electron chi connectivity index (χ4n) is 7.32. The van der Waals surface area contributed by atoms with Gasteiger partial charge in [-0.15, -0.1) is 0 Å². The van der Waals surface area contributed by atoms with Crippen LogP contribution >= 0.6 is 0 Å². The predicted molar refractivity (Wildman–Crippen MR) is 138 cm³/mol. The largest absolute Gasteiger partial charge is 0.375 e. The van der Waals surface area contributed by atoms with E-state index >= 15 is 0 Å². The van der Waals surface area contributed by atoms with Crippen LogP contribution in [0.3, 0.4) is 0 Å². The maximum Gasteiger partial charge on any atom is 0.245 e. The van der Waals surface area contributed by atoms with Crippen LogP contribution in [-0.4, -0.2) is 66.5 Å². The van der Waals surface area contributed by atoms with Crippen LogP contribution in [0.15, 0.2) is 12.7 Å². The number of carbonyl (C=O) groups is 1. The predicted octanol–water partition coefficient (Wildman–Crippen LogP) is 2.59. The second kappa shape index (κ2) is 11.7. The smallest absolute Gasteiger partial charge is 0.245 e. The Morgan fingerprint density at radius 3 is 2.40 bits per heavy atom. The number of likely N-dealkylation sites (tertiary alicyclic amines) is 1. The van der Waals surface area contributed by atoms with Gasteiger partial charge < -0.3 is 15.4 Å². The third-order valence-corrected chi connectivity index (χ3v) is 9.25. The molecular weight excluding hydrogens is 438 g/mol. The summed E-state index contributed by atoms with van der Waals surface area (Å²) in [6, 6.07) is 0.288. The number of nitrogens with two attached hydrogens (primary N) is 1. The lowest BCUT2D eigenvalue weighted by Gasteiger charge is -2.42. The number of fused-ring (bicyclic) bond motifs is 1. The first-order valence-electron chi connectivity index (χ1n) is 14.2. The van der Waals surface area contributed by atoms with E-state index in [-0.39, 0.29) is 18.1 Å². The molecule has 0 radical (unpaired) electrons. The molecule has 2 saturated carbocycles. The molecule has 0 aromatic rings. The van der Waals surface area contributed by atoms with Crippen LogP contribution < -0.4 is 16.5 Å². The van der Waals surface area contributed by atoms with Crippen LogP contribution in [0.2, 0.25) is 0 Å². The Morgan fingerprint density at radius 2 is 1.69 bits per heavy atom. The highest BCUT2D eigenvalue weighted by atomic mass is 16.5. The van der Waals surface area contributed by atoms with Crippen LogP contribution in [-0.2, 0) is 9.53 Å². The molecule has 35 heavy (non-hydrogen) atoms. The molecule has 5 rings (SSSR count). The molecule has 4 N–H and O–H groups in total. The molecule has 0 spiro atoms. The quantitative estimate of drug-likeness (QED) is 0.421. The highest BCUT2D eigenvalue weighted by Crippen LogP contribution is 2.43. The fraction of sp³-hybridized carbons (Fsp3) is 0.821. The Morgan fingerprint density at radius 1 is 0.971 bits per heavy atom. The summed E-state index contributed by atoms with van der Waals surface area (Å²) >= 11 is 0. The van der Waals surface area contributed by atoms with E-state index in [1.807, 2.05) is 4.90 Å². The third kappa shape index (κ3) is 5.94. The third-order valence-electron chi connectivity index (χ3n) is 9.25. The molecule has 5 fully saturated rings. The minimum atomic E-state index is -0.0163. The summed E-state index contributed by atoms with van der Waals surface area (Å²) in [4.78, 5) is 13.8. The van der Waals surface area contributed by atoms with Gasteiger partial charge in [0, 0.05) is 31.5 Å². The maximum atomic E-state index is 11.9. The van der Waals surface area contributed by atoms with Crippen molar-refractivity contribution in [3.05, 3.63) is 12.7 Å². The van der Waals surface area contributed by atoms with E-state index in [4.69, 9.17) is 10.5 Å². The van der Waals surface area contributed by atoms with Gasteiger partial charge >= 0.3 is 0 Å². The minimum Gasteiger partial charge on any atom is -0.375 e. The zero-order chi connectivity index (χ0) is 24.2. The molecule has 0 bridgehead atoms. The lowest BCUT2D eigenvalue weighted by molar-refractivity contribution is -0.127. The van der Waals surface area contributed by atoms with Gasteiger partial charge in [-0.3, -0.25) is 10.1 Å². The summed E-state index contributed by atoms with van der Waals surface area (Å²) in [5.41, 5.74) is 10.1. The maximum absolute atomic E-state index is 11.9. The van der Waals surface area contributed by atoms with Crippen molar-refractivity contribution in [2.45, 2.75) is 95.0 Å². The van der Waals surface area contributed by atoms with E-state index in [1.165, 1.54) is 63.9 Å². The second-order valence-electron chi connectivity index (χ2n) is 11.4. The number of ether oxygens (including phenoxy) is 1. The summed E-state index contributed by atoms with van der Waals surface area (Å²) in [6.07, 6.45) is 15.6. The van der Waals surface area contributed by atoms with Crippen molar-refractivity contribution in [2.24, 2.45) is 29.4 Å². The molecule has 4 unspecified atom stereocenters. The van der Waals surface area contributed by atoms with Gasteiger partial charge in [0.15, 0.2) is 0 Å². The van der Waals surface area contributed by atoms with E-state index in [1.54, 1.807) is 0 Å². The Hall–Kier alpha value is -1.43. The monoisotopic (exact) mass is 483 g/mol. The Balaban J connectivity index is 1.21. The lowest BCUT2D eigenvalue weighted by Crippen LogP contribution is -2.66. The van der Waals surface area contributed by atoms with E-state index in [2.05, 4.69) is 34.2 Å². The van der Waals surface area contributed by atoms with E-state index < -0.39 is 0 Å². The summed E-state index contributed by atoms with van der Waals surface area (Å²) in [5, 5.41) is 5.82. The number of hydrogen-bond donors (Lipinski definition) is 3. The average molecular weight is 484 g/mol. The number of piperidine rings is 1. The van der Waals surface area contributed by atoms with Gasteiger partial charge in [-0.05, 0) is 69.3 Å². The molecule has 194 valence electrons. The molecule has 3 heterocycles. The number of rotatable bonds is 4. The molecular formula is C28H45N5O2. The van der Waals surface area contributed by atoms with Crippen molar-refractivity contribution in [2.75, 3.05) is 26.3 Å². The Labute approximate surface area is 211 Å². The van der Waals surface area contributed by atoms with Crippen LogP contribution in [0, 0.1) is 35.5 Å². The van der Waals surface area contributed by atoms with Crippen molar-refractivity contribution in [3.8, 4) is 11.8 Å². The molecule has 7 heteroatoms. The zero-order valence-electron chi connectivity index (χ0n) is 21.3. The molecule has 0 aromatic carbocycles. The number of hydrogen-bond acceptors (Lipinski definition) is 6. The summed E-state index contributed by atoms with van der Waals surface area (Å²) in [5.74, 6) is 9.27. The van der Waals surface area contributed by atoms with Gasteiger partial charge in [0.1, 0.15) is 0 Å². The van der Waals surface area contributed by atoms with Crippen LogP contribution in [0.5, 0.6) is 0 Å². The Bertz CT molecular complexity index is 787. The number of hydrazine groups is 1. The number of nitrogens with zero attached hydrogens (tertiary/aromatic N) is 2. The summed E-state index contributed by atoms with van der Waals surface area (Å²) < 4.78 is 6.54. The van der Waals surface area contributed by atoms with Gasteiger partial charge in [0.25, 0.3) is 0 Å². The minimum absolute atomic E-state index is 0.0163. The molecule has 3 saturated heterocycles. The molecule has 3 aliphatic heterocycles. The normalized spacial score (nSPS) is 37.3. The molecule has 2 aliphatic carbocycles. The van der Waals surface area contributed by atoms with Gasteiger partial charge in [-0.25, -0.2) is 10.4 Å². The highest BCUT2D eigenvalue weighted by molar-refractivity contribution is 5.87. The van der Waals surface area contributed by atoms with Gasteiger partial charge in [0.2, 0.25) is 5.91 Å². The Kier molecular flexibility index (Phi) is 8.47. The fourth-order valence-corrected chi connectivity index (χ4v) is 7.32. The zero-order valence-corrected chi connectivity index (χ0v) is 21.3. The van der Waals surface area contributed by atoms with E-state index in [0.29, 0.717) is 35.9 Å². The lowest BCUT2D eigenvalue weighted by atomic mass is 9.71. The van der Waals surface area contributed by atoms with Gasteiger partial charge in [0.05, 0.1) is 31.1 Å². The first-order chi connectivity index (χ1) is 17.1. The number of nitrogens with one attached hydrogen (secondary N) is 2. The average Bonchev–Trinajstić information content (AvgIpc) is 3.28. The standard InChI is InChI=1S/C28H45N5O2/c1-2-25(34)32-16-14-20(15-17-32)8-9-22-18-33-27(28(29)30-19-31-33)26(22)21-10-12-24(13-11-21)35-23-6-4-3-5-7-23/h2,20-24,26-28,30-31H,1,3-7,10-19,29H2. The first-order valence-corrected chi connectivity index (χ1v) is 14.2. The van der Waals surface area contributed by atoms with Gasteiger partial charge in [-0.1, -0.05) is 37.7 Å². The topological polar surface area (TPSA) is 82.9 Å². The molecule has 0 aromatic heterocycles. The van der Waals surface area contributed by atoms with Crippen molar-refractivity contribution < 1.29 is 9.53 Å². The van der Waals surface area contributed by atoms with Crippen LogP contribution in [0.1, 0.15) is 70.6 Å². The number of amides is 1. The molecule has 5 aliphatic rings. The summed E-state index contributed by atoms with van der Waals surface area (Å²) in [7, 11) is 0. The second-order valence-corrected chi connectivity index (χ2v) is 11.4.